The van der Waals surface area contributed by atoms with E-state index in [2.05, 4.69) is 0 Å². The molecule has 0 saturated heterocycles. The fourth-order valence-electron chi connectivity index (χ4n) is 3.61. The molecule has 0 aliphatic heterocycles. The van der Waals surface area contributed by atoms with Crippen LogP contribution in [0.5, 0.6) is 11.5 Å². The van der Waals surface area contributed by atoms with Crippen LogP contribution in [0.2, 0.25) is 0 Å². The van der Waals surface area contributed by atoms with Crippen molar-refractivity contribution in [3.63, 3.8) is 0 Å². The smallest absolute Gasteiger partial charge is 0.194 e. The predicted molar refractivity (Wildman–Crippen MR) is 98.1 cm³/mol. The third-order valence-corrected chi connectivity index (χ3v) is 4.90. The number of fused-ring (bicyclic) bond motifs is 4. The molecule has 0 aromatic heterocycles. The lowest BCUT2D eigenvalue weighted by molar-refractivity contribution is 0.0979. The molecule has 0 amide bonds. The highest BCUT2D eigenvalue weighted by Gasteiger charge is 2.30. The molecule has 0 saturated carbocycles. The Labute approximate surface area is 147 Å². The van der Waals surface area contributed by atoms with E-state index in [4.69, 9.17) is 0 Å². The van der Waals surface area contributed by atoms with E-state index in [1.807, 2.05) is 0 Å². The number of phenolic OH excluding ortho intramolecular Hbond substituents is 2. The summed E-state index contributed by atoms with van der Waals surface area (Å²) in [5.74, 6) is -0.207. The maximum absolute atomic E-state index is 13.0. The number of hydrogen-bond donors (Lipinski definition) is 2. The summed E-state index contributed by atoms with van der Waals surface area (Å²) < 4.78 is 0. The van der Waals surface area contributed by atoms with Crippen molar-refractivity contribution in [2.24, 2.45) is 0 Å². The van der Waals surface area contributed by atoms with Crippen molar-refractivity contribution in [1.29, 1.82) is 0 Å². The Morgan fingerprint density at radius 1 is 0.462 bits per heavy atom. The Hall–Kier alpha value is -3.66. The Morgan fingerprint density at radius 3 is 1.19 bits per heavy atom. The Morgan fingerprint density at radius 2 is 0.808 bits per heavy atom. The van der Waals surface area contributed by atoms with E-state index in [9.17, 15) is 19.8 Å². The maximum Gasteiger partial charge on any atom is 0.194 e. The normalized spacial score (nSPS) is 13.1. The van der Waals surface area contributed by atoms with E-state index >= 15 is 0 Å². The lowest BCUT2D eigenvalue weighted by atomic mass is 9.81. The van der Waals surface area contributed by atoms with Crippen LogP contribution >= 0.6 is 0 Å². The van der Waals surface area contributed by atoms with Crippen LogP contribution in [0.3, 0.4) is 0 Å². The van der Waals surface area contributed by atoms with E-state index in [0.717, 1.165) is 10.8 Å². The van der Waals surface area contributed by atoms with Crippen LogP contribution < -0.4 is 0 Å². The van der Waals surface area contributed by atoms with Crippen molar-refractivity contribution in [2.75, 3.05) is 0 Å². The van der Waals surface area contributed by atoms with Crippen LogP contribution in [0.15, 0.2) is 60.7 Å². The van der Waals surface area contributed by atoms with E-state index in [-0.39, 0.29) is 23.1 Å². The summed E-state index contributed by atoms with van der Waals surface area (Å²) in [6, 6.07) is 16.4. The molecule has 26 heavy (non-hydrogen) atoms. The van der Waals surface area contributed by atoms with Crippen LogP contribution in [0.1, 0.15) is 31.8 Å². The highest BCUT2D eigenvalue weighted by Crippen LogP contribution is 2.34. The monoisotopic (exact) mass is 340 g/mol. The average Bonchev–Trinajstić information content (AvgIpc) is 2.63. The van der Waals surface area contributed by atoms with Crippen molar-refractivity contribution in [3.05, 3.63) is 82.9 Å². The number of phenols is 2. The average molecular weight is 340 g/mol. The SMILES string of the molecule is O=C1c2cc3ccc(O)cc3cc2C(=O)c2cc3ccc(O)cc3cc21. The van der Waals surface area contributed by atoms with Gasteiger partial charge in [-0.25, -0.2) is 0 Å². The number of carbonyl (C=O) groups excluding carboxylic acids is 2. The Balaban J connectivity index is 1.81. The molecular weight excluding hydrogens is 328 g/mol. The minimum absolute atomic E-state index is 0.109. The lowest BCUT2D eigenvalue weighted by Crippen LogP contribution is -2.20. The summed E-state index contributed by atoms with van der Waals surface area (Å²) in [7, 11) is 0. The molecule has 0 spiro atoms. The molecule has 0 heterocycles. The molecule has 0 fully saturated rings. The van der Waals surface area contributed by atoms with Crippen LogP contribution in [-0.2, 0) is 0 Å². The van der Waals surface area contributed by atoms with Gasteiger partial charge >= 0.3 is 0 Å². The third kappa shape index (κ3) is 1.96. The maximum atomic E-state index is 13.0. The minimum atomic E-state index is -0.213. The number of rotatable bonds is 0. The largest absolute Gasteiger partial charge is 0.508 e. The molecule has 0 bridgehead atoms. The van der Waals surface area contributed by atoms with Gasteiger partial charge in [-0.1, -0.05) is 12.1 Å². The van der Waals surface area contributed by atoms with E-state index in [1.54, 1.807) is 60.7 Å². The molecule has 0 unspecified atom stereocenters. The molecule has 124 valence electrons. The first-order chi connectivity index (χ1) is 12.5. The first kappa shape index (κ1) is 14.7. The van der Waals surface area contributed by atoms with Gasteiger partial charge < -0.3 is 10.2 Å². The molecule has 4 aromatic carbocycles. The van der Waals surface area contributed by atoms with Gasteiger partial charge in [-0.05, 0) is 70.1 Å². The van der Waals surface area contributed by atoms with E-state index < -0.39 is 0 Å². The number of ketones is 2. The van der Waals surface area contributed by atoms with Gasteiger partial charge in [0, 0.05) is 22.3 Å². The van der Waals surface area contributed by atoms with Gasteiger partial charge in [-0.3, -0.25) is 9.59 Å². The molecule has 0 radical (unpaired) electrons. The van der Waals surface area contributed by atoms with Gasteiger partial charge in [0.15, 0.2) is 11.6 Å². The number of benzene rings is 4. The molecule has 4 heteroatoms. The molecule has 2 N–H and O–H groups in total. The van der Waals surface area contributed by atoms with Crippen molar-refractivity contribution < 1.29 is 19.8 Å². The highest BCUT2D eigenvalue weighted by atomic mass is 16.3. The zero-order valence-corrected chi connectivity index (χ0v) is 13.5. The molecular formula is C22H12O4. The minimum Gasteiger partial charge on any atom is -0.508 e. The second kappa shape index (κ2) is 4.92. The van der Waals surface area contributed by atoms with Gasteiger partial charge in [0.05, 0.1) is 0 Å². The summed E-state index contributed by atoms with van der Waals surface area (Å²) in [5.41, 5.74) is 1.41. The molecule has 4 aromatic rings. The number of hydrogen-bond acceptors (Lipinski definition) is 4. The molecule has 0 atom stereocenters. The molecule has 1 aliphatic rings. The van der Waals surface area contributed by atoms with Gasteiger partial charge in [-0.15, -0.1) is 0 Å². The summed E-state index contributed by atoms with van der Waals surface area (Å²) in [6.45, 7) is 0. The molecule has 5 rings (SSSR count). The summed E-state index contributed by atoms with van der Waals surface area (Å²) >= 11 is 0. The lowest BCUT2D eigenvalue weighted by Gasteiger charge is -2.19. The second-order valence-electron chi connectivity index (χ2n) is 6.52. The summed E-state index contributed by atoms with van der Waals surface area (Å²) in [5, 5.41) is 22.3. The quantitative estimate of drug-likeness (QED) is 0.443. The first-order valence-electron chi connectivity index (χ1n) is 8.14. The van der Waals surface area contributed by atoms with Crippen LogP contribution in [0.25, 0.3) is 21.5 Å². The van der Waals surface area contributed by atoms with Crippen LogP contribution in [-0.4, -0.2) is 21.8 Å². The van der Waals surface area contributed by atoms with E-state index in [0.29, 0.717) is 33.0 Å². The molecule has 4 nitrogen and oxygen atoms in total. The zero-order valence-electron chi connectivity index (χ0n) is 13.5. The van der Waals surface area contributed by atoms with Gasteiger partial charge in [-0.2, -0.15) is 0 Å². The summed E-state index contributed by atoms with van der Waals surface area (Å²) in [6.07, 6.45) is 0. The Bertz CT molecular complexity index is 1180. The van der Waals surface area contributed by atoms with Gasteiger partial charge in [0.1, 0.15) is 11.5 Å². The highest BCUT2D eigenvalue weighted by molar-refractivity contribution is 6.30. The predicted octanol–water partition coefficient (Wildman–Crippen LogP) is 4.18. The van der Waals surface area contributed by atoms with Crippen LogP contribution in [0.4, 0.5) is 0 Å². The third-order valence-electron chi connectivity index (χ3n) is 4.90. The standard InChI is InChI=1S/C22H12O4/c23-15-3-1-11-7-17-19(9-13(11)5-15)22(26)18-8-12-2-4-16(24)6-14(12)10-20(18)21(17)25/h1-10,23-24H. The number of aromatic hydroxyl groups is 2. The van der Waals surface area contributed by atoms with Gasteiger partial charge in [0.25, 0.3) is 0 Å². The fraction of sp³-hybridized carbons (Fsp3) is 0. The Kier molecular flexibility index (Phi) is 2.78. The van der Waals surface area contributed by atoms with Crippen molar-refractivity contribution in [2.45, 2.75) is 0 Å². The van der Waals surface area contributed by atoms with Crippen molar-refractivity contribution in [1.82, 2.24) is 0 Å². The fourth-order valence-corrected chi connectivity index (χ4v) is 3.61. The van der Waals surface area contributed by atoms with Crippen molar-refractivity contribution >= 4 is 33.1 Å². The topological polar surface area (TPSA) is 74.6 Å². The zero-order chi connectivity index (χ0) is 18.0. The first-order valence-corrected chi connectivity index (χ1v) is 8.14. The van der Waals surface area contributed by atoms with E-state index in [1.165, 1.54) is 0 Å². The number of carbonyl (C=O) groups is 2. The summed E-state index contributed by atoms with van der Waals surface area (Å²) in [4.78, 5) is 26.1. The van der Waals surface area contributed by atoms with Gasteiger partial charge in [0.2, 0.25) is 0 Å². The van der Waals surface area contributed by atoms with Crippen molar-refractivity contribution in [3.8, 4) is 11.5 Å². The second-order valence-corrected chi connectivity index (χ2v) is 6.52. The van der Waals surface area contributed by atoms with Crippen LogP contribution in [0, 0.1) is 0 Å². The molecule has 1 aliphatic carbocycles.